The Labute approximate surface area is 173 Å². The predicted molar refractivity (Wildman–Crippen MR) is 110 cm³/mol. The van der Waals surface area contributed by atoms with Crippen LogP contribution in [0, 0.1) is 0 Å². The molecule has 1 aromatic carbocycles. The second kappa shape index (κ2) is 8.60. The second-order valence-corrected chi connectivity index (χ2v) is 7.21. The Morgan fingerprint density at radius 1 is 1.13 bits per heavy atom. The molecule has 0 saturated heterocycles. The third-order valence-corrected chi connectivity index (χ3v) is 3.76. The zero-order valence-electron chi connectivity index (χ0n) is 17.0. The Bertz CT molecular complexity index is 1040. The normalized spacial score (nSPS) is 10.9. The van der Waals surface area contributed by atoms with Crippen molar-refractivity contribution >= 4 is 23.4 Å². The van der Waals surface area contributed by atoms with Crippen LogP contribution in [0.4, 0.5) is 16.2 Å². The highest BCUT2D eigenvalue weighted by Crippen LogP contribution is 2.29. The molecule has 10 heteroatoms. The van der Waals surface area contributed by atoms with E-state index in [-0.39, 0.29) is 0 Å². The van der Waals surface area contributed by atoms with Crippen LogP contribution < -0.4 is 15.4 Å². The molecule has 0 bridgehead atoms. The summed E-state index contributed by atoms with van der Waals surface area (Å²) in [6, 6.07) is 8.14. The van der Waals surface area contributed by atoms with Crippen LogP contribution >= 0.6 is 0 Å². The number of ether oxygens (including phenoxy) is 2. The van der Waals surface area contributed by atoms with Gasteiger partial charge in [0.25, 0.3) is 5.91 Å². The van der Waals surface area contributed by atoms with E-state index in [1.54, 1.807) is 57.3 Å². The van der Waals surface area contributed by atoms with Crippen molar-refractivity contribution in [3.63, 3.8) is 0 Å². The number of methoxy groups -OCH3 is 1. The minimum absolute atomic E-state index is 0.306. The van der Waals surface area contributed by atoms with E-state index in [0.717, 1.165) is 0 Å². The van der Waals surface area contributed by atoms with E-state index in [0.29, 0.717) is 28.5 Å². The van der Waals surface area contributed by atoms with Gasteiger partial charge in [-0.05, 0) is 51.1 Å². The van der Waals surface area contributed by atoms with Crippen LogP contribution in [0.1, 0.15) is 31.1 Å². The van der Waals surface area contributed by atoms with Gasteiger partial charge in [0.05, 0.1) is 18.4 Å². The molecule has 2 amide bonds. The van der Waals surface area contributed by atoms with Crippen LogP contribution in [0.25, 0.3) is 5.82 Å². The number of pyridine rings is 1. The van der Waals surface area contributed by atoms with Crippen molar-refractivity contribution in [3.05, 3.63) is 54.7 Å². The quantitative estimate of drug-likeness (QED) is 0.662. The number of anilines is 2. The summed E-state index contributed by atoms with van der Waals surface area (Å²) < 4.78 is 12.0. The van der Waals surface area contributed by atoms with Gasteiger partial charge in [-0.1, -0.05) is 0 Å². The molecule has 156 valence electrons. The summed E-state index contributed by atoms with van der Waals surface area (Å²) in [5.41, 5.74) is 0.453. The van der Waals surface area contributed by atoms with Gasteiger partial charge in [0.1, 0.15) is 24.0 Å². The third-order valence-electron chi connectivity index (χ3n) is 3.76. The van der Waals surface area contributed by atoms with Crippen molar-refractivity contribution in [2.24, 2.45) is 0 Å². The Balaban J connectivity index is 1.82. The lowest BCUT2D eigenvalue weighted by Crippen LogP contribution is -2.27. The second-order valence-electron chi connectivity index (χ2n) is 7.21. The fourth-order valence-electron chi connectivity index (χ4n) is 2.57. The van der Waals surface area contributed by atoms with Gasteiger partial charge in [0.2, 0.25) is 0 Å². The number of aromatic nitrogens is 4. The lowest BCUT2D eigenvalue weighted by molar-refractivity contribution is 0.0635. The first-order valence-corrected chi connectivity index (χ1v) is 9.06. The third kappa shape index (κ3) is 5.10. The van der Waals surface area contributed by atoms with Crippen molar-refractivity contribution in [3.8, 4) is 11.6 Å². The van der Waals surface area contributed by atoms with Crippen molar-refractivity contribution in [2.75, 3.05) is 17.7 Å². The van der Waals surface area contributed by atoms with Crippen molar-refractivity contribution in [1.82, 2.24) is 19.7 Å². The standard InChI is InChI=1S/C20H22N6O4/c1-20(2,3)30-19(28)25-15-10-13(7-8-16(15)29-4)24-18(27)14-6-5-9-22-17(14)26-12-21-11-23-26/h5-12H,1-4H3,(H,24,27)(H,25,28). The Morgan fingerprint density at radius 3 is 2.60 bits per heavy atom. The molecule has 0 atom stereocenters. The van der Waals surface area contributed by atoms with E-state index in [4.69, 9.17) is 9.47 Å². The molecule has 2 N–H and O–H groups in total. The molecule has 0 aliphatic carbocycles. The Kier molecular flexibility index (Phi) is 5.95. The largest absolute Gasteiger partial charge is 0.495 e. The smallest absolute Gasteiger partial charge is 0.412 e. The number of nitrogens with zero attached hydrogens (tertiary/aromatic N) is 4. The lowest BCUT2D eigenvalue weighted by atomic mass is 10.2. The molecular weight excluding hydrogens is 388 g/mol. The first-order valence-electron chi connectivity index (χ1n) is 9.06. The fourth-order valence-corrected chi connectivity index (χ4v) is 2.57. The van der Waals surface area contributed by atoms with E-state index in [9.17, 15) is 9.59 Å². The van der Waals surface area contributed by atoms with Gasteiger partial charge < -0.3 is 14.8 Å². The summed E-state index contributed by atoms with van der Waals surface area (Å²) in [4.78, 5) is 33.1. The summed E-state index contributed by atoms with van der Waals surface area (Å²) >= 11 is 0. The minimum Gasteiger partial charge on any atom is -0.495 e. The molecule has 0 spiro atoms. The molecule has 0 saturated carbocycles. The molecular formula is C20H22N6O4. The van der Waals surface area contributed by atoms with E-state index in [2.05, 4.69) is 25.7 Å². The number of amides is 2. The first kappa shape index (κ1) is 20.8. The van der Waals surface area contributed by atoms with Crippen LogP contribution in [0.3, 0.4) is 0 Å². The number of benzene rings is 1. The SMILES string of the molecule is COc1ccc(NC(=O)c2cccnc2-n2cncn2)cc1NC(=O)OC(C)(C)C. The summed E-state index contributed by atoms with van der Waals surface area (Å²) in [6.07, 6.45) is 3.73. The highest BCUT2D eigenvalue weighted by molar-refractivity contribution is 6.06. The highest BCUT2D eigenvalue weighted by atomic mass is 16.6. The number of rotatable bonds is 5. The van der Waals surface area contributed by atoms with Gasteiger partial charge in [0, 0.05) is 11.9 Å². The van der Waals surface area contributed by atoms with Gasteiger partial charge >= 0.3 is 6.09 Å². The van der Waals surface area contributed by atoms with Crippen molar-refractivity contribution < 1.29 is 19.1 Å². The van der Waals surface area contributed by atoms with Gasteiger partial charge in [-0.25, -0.2) is 19.4 Å². The number of hydrogen-bond acceptors (Lipinski definition) is 7. The van der Waals surface area contributed by atoms with Crippen molar-refractivity contribution in [1.29, 1.82) is 0 Å². The van der Waals surface area contributed by atoms with Crippen LogP contribution in [0.5, 0.6) is 5.75 Å². The van der Waals surface area contributed by atoms with Crippen LogP contribution in [-0.4, -0.2) is 44.5 Å². The average Bonchev–Trinajstić information content (AvgIpc) is 3.21. The van der Waals surface area contributed by atoms with E-state index >= 15 is 0 Å². The van der Waals surface area contributed by atoms with E-state index in [1.165, 1.54) is 24.4 Å². The number of hydrogen-bond donors (Lipinski definition) is 2. The molecule has 3 aromatic rings. The number of nitrogens with one attached hydrogen (secondary N) is 2. The maximum atomic E-state index is 12.8. The summed E-state index contributed by atoms with van der Waals surface area (Å²) in [5, 5.41) is 9.44. The zero-order chi connectivity index (χ0) is 21.7. The molecule has 0 radical (unpaired) electrons. The maximum Gasteiger partial charge on any atom is 0.412 e. The van der Waals surface area contributed by atoms with Gasteiger partial charge in [-0.15, -0.1) is 0 Å². The topological polar surface area (TPSA) is 120 Å². The van der Waals surface area contributed by atoms with Crippen LogP contribution in [-0.2, 0) is 4.74 Å². The molecule has 2 heterocycles. The molecule has 30 heavy (non-hydrogen) atoms. The summed E-state index contributed by atoms with van der Waals surface area (Å²) in [6.45, 7) is 5.29. The number of carbonyl (C=O) groups excluding carboxylic acids is 2. The van der Waals surface area contributed by atoms with Crippen molar-refractivity contribution in [2.45, 2.75) is 26.4 Å². The van der Waals surface area contributed by atoms with Gasteiger partial charge in [-0.3, -0.25) is 10.1 Å². The summed E-state index contributed by atoms with van der Waals surface area (Å²) in [5.74, 6) is 0.360. The summed E-state index contributed by atoms with van der Waals surface area (Å²) in [7, 11) is 1.48. The molecule has 0 unspecified atom stereocenters. The molecule has 10 nitrogen and oxygen atoms in total. The molecule has 2 aromatic heterocycles. The van der Waals surface area contributed by atoms with Crippen LogP contribution in [0.2, 0.25) is 0 Å². The van der Waals surface area contributed by atoms with Gasteiger partial charge in [0.15, 0.2) is 5.82 Å². The Morgan fingerprint density at radius 2 is 1.93 bits per heavy atom. The minimum atomic E-state index is -0.652. The fraction of sp³-hybridized carbons (Fsp3) is 0.250. The highest BCUT2D eigenvalue weighted by Gasteiger charge is 2.19. The molecule has 3 rings (SSSR count). The number of carbonyl (C=O) groups is 2. The predicted octanol–water partition coefficient (Wildman–Crippen LogP) is 3.27. The maximum absolute atomic E-state index is 12.8. The molecule has 0 aliphatic heterocycles. The Hall–Kier alpha value is -3.95. The van der Waals surface area contributed by atoms with E-state index in [1.807, 2.05) is 0 Å². The average molecular weight is 410 g/mol. The van der Waals surface area contributed by atoms with Gasteiger partial charge in [-0.2, -0.15) is 5.10 Å². The van der Waals surface area contributed by atoms with E-state index < -0.39 is 17.6 Å². The zero-order valence-corrected chi connectivity index (χ0v) is 17.0. The molecule has 0 aliphatic rings. The first-order chi connectivity index (χ1) is 14.3. The molecule has 0 fully saturated rings. The van der Waals surface area contributed by atoms with Crippen LogP contribution in [0.15, 0.2) is 49.2 Å². The monoisotopic (exact) mass is 410 g/mol. The lowest BCUT2D eigenvalue weighted by Gasteiger charge is -2.20.